The normalized spacial score (nSPS) is 11.2. The van der Waals surface area contributed by atoms with Crippen molar-refractivity contribution in [2.45, 2.75) is 40.3 Å². The summed E-state index contributed by atoms with van der Waals surface area (Å²) in [5.74, 6) is 0. The minimum atomic E-state index is 0.457. The molecule has 96 valence electrons. The van der Waals surface area contributed by atoms with Crippen LogP contribution < -0.4 is 5.32 Å². The van der Waals surface area contributed by atoms with E-state index >= 15 is 0 Å². The third-order valence-electron chi connectivity index (χ3n) is 2.76. The maximum atomic E-state index is 4.38. The van der Waals surface area contributed by atoms with E-state index in [0.717, 1.165) is 29.1 Å². The Morgan fingerprint density at radius 1 is 1.28 bits per heavy atom. The van der Waals surface area contributed by atoms with Gasteiger partial charge >= 0.3 is 0 Å². The first-order valence-corrected chi connectivity index (χ1v) is 6.27. The van der Waals surface area contributed by atoms with Crippen LogP contribution in [0.2, 0.25) is 0 Å². The van der Waals surface area contributed by atoms with Crippen LogP contribution >= 0.6 is 0 Å². The second-order valence-corrected chi connectivity index (χ2v) is 4.95. The highest BCUT2D eigenvalue weighted by atomic mass is 15.3. The summed E-state index contributed by atoms with van der Waals surface area (Å²) in [5.41, 5.74) is 4.43. The molecule has 0 spiro atoms. The molecule has 1 N–H and O–H groups in total. The molecule has 0 aliphatic rings. The average Bonchev–Trinajstić information content (AvgIpc) is 2.74. The topological polar surface area (TPSA) is 42.7 Å². The summed E-state index contributed by atoms with van der Waals surface area (Å²) in [7, 11) is 0. The molecule has 0 bridgehead atoms. The Bertz CT molecular complexity index is 528. The van der Waals surface area contributed by atoms with Gasteiger partial charge in [-0.25, -0.2) is 4.68 Å². The molecule has 2 aromatic rings. The molecule has 0 saturated heterocycles. The molecule has 0 saturated carbocycles. The Morgan fingerprint density at radius 3 is 2.67 bits per heavy atom. The van der Waals surface area contributed by atoms with Crippen LogP contribution in [0.15, 0.2) is 24.7 Å². The quantitative estimate of drug-likeness (QED) is 0.898. The van der Waals surface area contributed by atoms with Gasteiger partial charge in [0.1, 0.15) is 0 Å². The van der Waals surface area contributed by atoms with E-state index in [1.54, 1.807) is 0 Å². The van der Waals surface area contributed by atoms with Gasteiger partial charge in [0.25, 0.3) is 0 Å². The van der Waals surface area contributed by atoms with Crippen molar-refractivity contribution in [2.24, 2.45) is 0 Å². The van der Waals surface area contributed by atoms with Crippen molar-refractivity contribution in [3.8, 4) is 5.69 Å². The van der Waals surface area contributed by atoms with Crippen molar-refractivity contribution >= 4 is 0 Å². The molecule has 2 heterocycles. The van der Waals surface area contributed by atoms with E-state index in [9.17, 15) is 0 Å². The minimum absolute atomic E-state index is 0.457. The smallest absolute Gasteiger partial charge is 0.0724 e. The van der Waals surface area contributed by atoms with E-state index < -0.39 is 0 Å². The lowest BCUT2D eigenvalue weighted by Gasteiger charge is -2.13. The first-order chi connectivity index (χ1) is 8.56. The summed E-state index contributed by atoms with van der Waals surface area (Å²) in [6.07, 6.45) is 5.83. The molecule has 0 atom stereocenters. The van der Waals surface area contributed by atoms with Gasteiger partial charge in [0, 0.05) is 36.2 Å². The molecule has 2 rings (SSSR count). The third-order valence-corrected chi connectivity index (χ3v) is 2.76. The number of hydrogen-bond acceptors (Lipinski definition) is 3. The number of nitrogens with one attached hydrogen (secondary N) is 1. The first-order valence-electron chi connectivity index (χ1n) is 6.27. The lowest BCUT2D eigenvalue weighted by Crippen LogP contribution is -2.23. The predicted molar refractivity (Wildman–Crippen MR) is 72.8 cm³/mol. The number of aromatic nitrogens is 3. The van der Waals surface area contributed by atoms with Gasteiger partial charge in [0.15, 0.2) is 0 Å². The van der Waals surface area contributed by atoms with Gasteiger partial charge in [-0.3, -0.25) is 4.98 Å². The van der Waals surface area contributed by atoms with Gasteiger partial charge in [-0.05, 0) is 25.5 Å². The van der Waals surface area contributed by atoms with Gasteiger partial charge in [-0.1, -0.05) is 13.8 Å². The van der Waals surface area contributed by atoms with Crippen molar-refractivity contribution in [1.29, 1.82) is 0 Å². The molecule has 0 radical (unpaired) electrons. The molecule has 0 aliphatic carbocycles. The zero-order valence-electron chi connectivity index (χ0n) is 11.4. The maximum absolute atomic E-state index is 4.38. The Balaban J connectivity index is 2.34. The van der Waals surface area contributed by atoms with E-state index in [0.29, 0.717) is 6.04 Å². The summed E-state index contributed by atoms with van der Waals surface area (Å²) in [6.45, 7) is 9.13. The van der Waals surface area contributed by atoms with Gasteiger partial charge in [-0.15, -0.1) is 0 Å². The zero-order chi connectivity index (χ0) is 13.1. The van der Waals surface area contributed by atoms with Crippen LogP contribution in [0.4, 0.5) is 0 Å². The van der Waals surface area contributed by atoms with E-state index in [4.69, 9.17) is 0 Å². The molecule has 18 heavy (non-hydrogen) atoms. The molecule has 0 fully saturated rings. The van der Waals surface area contributed by atoms with Crippen LogP contribution in [0.3, 0.4) is 0 Å². The molecule has 0 aliphatic heterocycles. The lowest BCUT2D eigenvalue weighted by atomic mass is 10.2. The zero-order valence-corrected chi connectivity index (χ0v) is 11.4. The van der Waals surface area contributed by atoms with Crippen LogP contribution in [0.25, 0.3) is 5.69 Å². The van der Waals surface area contributed by atoms with Crippen LogP contribution in [-0.2, 0) is 6.54 Å². The Hall–Kier alpha value is -1.68. The second kappa shape index (κ2) is 5.31. The Kier molecular flexibility index (Phi) is 3.77. The van der Waals surface area contributed by atoms with Gasteiger partial charge < -0.3 is 5.32 Å². The molecule has 4 nitrogen and oxygen atoms in total. The van der Waals surface area contributed by atoms with Crippen molar-refractivity contribution in [3.05, 3.63) is 41.5 Å². The van der Waals surface area contributed by atoms with Crippen LogP contribution in [-0.4, -0.2) is 20.8 Å². The first kappa shape index (κ1) is 12.8. The van der Waals surface area contributed by atoms with E-state index in [2.05, 4.69) is 35.3 Å². The van der Waals surface area contributed by atoms with Crippen molar-refractivity contribution < 1.29 is 0 Å². The number of nitrogens with zero attached hydrogens (tertiary/aromatic N) is 3. The standard InChI is InChI=1S/C14H20N4/c1-10(2)15-7-13-8-16-12(4)5-14(13)18-9-11(3)6-17-18/h5-6,8-10,15H,7H2,1-4H3. The third kappa shape index (κ3) is 2.96. The molecular formula is C14H20N4. The number of rotatable bonds is 4. The fourth-order valence-corrected chi connectivity index (χ4v) is 1.78. The number of hydrogen-bond donors (Lipinski definition) is 1. The monoisotopic (exact) mass is 244 g/mol. The maximum Gasteiger partial charge on any atom is 0.0724 e. The van der Waals surface area contributed by atoms with Crippen molar-refractivity contribution in [1.82, 2.24) is 20.1 Å². The summed E-state index contributed by atoms with van der Waals surface area (Å²) in [5, 5.41) is 7.79. The van der Waals surface area contributed by atoms with Gasteiger partial charge in [-0.2, -0.15) is 5.10 Å². The van der Waals surface area contributed by atoms with Crippen molar-refractivity contribution in [3.63, 3.8) is 0 Å². The van der Waals surface area contributed by atoms with Crippen LogP contribution in [0.1, 0.15) is 30.7 Å². The van der Waals surface area contributed by atoms with Crippen molar-refractivity contribution in [2.75, 3.05) is 0 Å². The molecule has 0 aromatic carbocycles. The highest BCUT2D eigenvalue weighted by molar-refractivity contribution is 5.40. The largest absolute Gasteiger partial charge is 0.310 e. The number of aryl methyl sites for hydroxylation is 2. The fraction of sp³-hybridized carbons (Fsp3) is 0.429. The molecule has 0 unspecified atom stereocenters. The van der Waals surface area contributed by atoms with E-state index in [1.165, 1.54) is 0 Å². The Labute approximate surface area is 108 Å². The average molecular weight is 244 g/mol. The lowest BCUT2D eigenvalue weighted by molar-refractivity contribution is 0.585. The minimum Gasteiger partial charge on any atom is -0.310 e. The predicted octanol–water partition coefficient (Wildman–Crippen LogP) is 2.38. The highest BCUT2D eigenvalue weighted by Gasteiger charge is 2.07. The van der Waals surface area contributed by atoms with Gasteiger partial charge in [0.05, 0.1) is 11.9 Å². The number of pyridine rings is 1. The summed E-state index contributed by atoms with van der Waals surface area (Å²) < 4.78 is 1.92. The molecule has 4 heteroatoms. The SMILES string of the molecule is Cc1cnn(-c2cc(C)ncc2CNC(C)C)c1. The summed E-state index contributed by atoms with van der Waals surface area (Å²) in [4.78, 5) is 4.37. The highest BCUT2D eigenvalue weighted by Crippen LogP contribution is 2.15. The fourth-order valence-electron chi connectivity index (χ4n) is 1.78. The van der Waals surface area contributed by atoms with Gasteiger partial charge in [0.2, 0.25) is 0 Å². The molecule has 0 amide bonds. The van der Waals surface area contributed by atoms with Crippen LogP contribution in [0, 0.1) is 13.8 Å². The molecular weight excluding hydrogens is 224 g/mol. The summed E-state index contributed by atoms with van der Waals surface area (Å²) in [6, 6.07) is 2.53. The van der Waals surface area contributed by atoms with E-state index in [-0.39, 0.29) is 0 Å². The van der Waals surface area contributed by atoms with E-state index in [1.807, 2.05) is 37.1 Å². The second-order valence-electron chi connectivity index (χ2n) is 4.95. The van der Waals surface area contributed by atoms with Crippen LogP contribution in [0.5, 0.6) is 0 Å². The summed E-state index contributed by atoms with van der Waals surface area (Å²) >= 11 is 0. The Morgan fingerprint density at radius 2 is 2.06 bits per heavy atom. The molecule has 2 aromatic heterocycles.